The van der Waals surface area contributed by atoms with Crippen LogP contribution in [0.1, 0.15) is 23.1 Å². The lowest BCUT2D eigenvalue weighted by atomic mass is 10.1. The molecule has 2 aromatic rings. The normalized spacial score (nSPS) is 20.8. The van der Waals surface area contributed by atoms with Crippen molar-refractivity contribution in [3.63, 3.8) is 0 Å². The standard InChI is InChI=1S/C22H28N4O2/c1-16-3-5-18(6-4-16)15-26-8-7-20(22(26)28)24-9-11-25(12-10-24)21-17(2)13-19(27)14-23-21/h3-6,13-14,20,27H,7-12,15H2,1-2H3/t20-/m1/s1. The number of aromatic hydroxyl groups is 1. The summed E-state index contributed by atoms with van der Waals surface area (Å²) in [6.07, 6.45) is 2.40. The fraction of sp³-hybridized carbons (Fsp3) is 0.455. The molecule has 1 aromatic heterocycles. The van der Waals surface area contributed by atoms with Crippen molar-refractivity contribution in [1.82, 2.24) is 14.8 Å². The lowest BCUT2D eigenvalue weighted by Crippen LogP contribution is -2.52. The molecule has 3 heterocycles. The fourth-order valence-corrected chi connectivity index (χ4v) is 4.26. The maximum atomic E-state index is 12.9. The van der Waals surface area contributed by atoms with Crippen molar-refractivity contribution in [3.8, 4) is 5.75 Å². The van der Waals surface area contributed by atoms with Crippen molar-refractivity contribution in [3.05, 3.63) is 53.2 Å². The molecule has 2 saturated heterocycles. The molecule has 2 fully saturated rings. The van der Waals surface area contributed by atoms with E-state index in [0.29, 0.717) is 6.54 Å². The van der Waals surface area contributed by atoms with Gasteiger partial charge in [-0.05, 0) is 37.5 Å². The van der Waals surface area contributed by atoms with Crippen LogP contribution in [0.2, 0.25) is 0 Å². The number of anilines is 1. The Balaban J connectivity index is 1.34. The topological polar surface area (TPSA) is 59.9 Å². The summed E-state index contributed by atoms with van der Waals surface area (Å²) in [5, 5.41) is 9.56. The summed E-state index contributed by atoms with van der Waals surface area (Å²) in [6.45, 7) is 8.99. The Hall–Kier alpha value is -2.60. The van der Waals surface area contributed by atoms with E-state index in [1.807, 2.05) is 11.8 Å². The average Bonchev–Trinajstić information content (AvgIpc) is 3.04. The van der Waals surface area contributed by atoms with Gasteiger partial charge < -0.3 is 14.9 Å². The van der Waals surface area contributed by atoms with Crippen LogP contribution < -0.4 is 4.90 Å². The van der Waals surface area contributed by atoms with Gasteiger partial charge in [-0.25, -0.2) is 4.98 Å². The molecule has 148 valence electrons. The Labute approximate surface area is 166 Å². The molecule has 1 N–H and O–H groups in total. The lowest BCUT2D eigenvalue weighted by molar-refractivity contribution is -0.132. The molecule has 0 aliphatic carbocycles. The first-order chi connectivity index (χ1) is 13.5. The third kappa shape index (κ3) is 3.83. The van der Waals surface area contributed by atoms with E-state index in [9.17, 15) is 9.90 Å². The summed E-state index contributed by atoms with van der Waals surface area (Å²) in [5.74, 6) is 1.38. The molecule has 6 nitrogen and oxygen atoms in total. The molecule has 0 spiro atoms. The van der Waals surface area contributed by atoms with Crippen molar-refractivity contribution in [2.45, 2.75) is 32.9 Å². The van der Waals surface area contributed by atoms with E-state index in [-0.39, 0.29) is 17.7 Å². The Kier molecular flexibility index (Phi) is 5.22. The van der Waals surface area contributed by atoms with Gasteiger partial charge in [-0.15, -0.1) is 0 Å². The van der Waals surface area contributed by atoms with E-state index in [1.54, 1.807) is 6.07 Å². The molecule has 0 radical (unpaired) electrons. The van der Waals surface area contributed by atoms with Crippen molar-refractivity contribution >= 4 is 11.7 Å². The number of rotatable bonds is 4. The molecular weight excluding hydrogens is 352 g/mol. The van der Waals surface area contributed by atoms with E-state index in [0.717, 1.165) is 50.5 Å². The zero-order valence-electron chi connectivity index (χ0n) is 16.6. The predicted molar refractivity (Wildman–Crippen MR) is 109 cm³/mol. The number of benzene rings is 1. The second-order valence-corrected chi connectivity index (χ2v) is 7.91. The van der Waals surface area contributed by atoms with E-state index in [2.05, 4.69) is 46.0 Å². The molecule has 0 saturated carbocycles. The van der Waals surface area contributed by atoms with Gasteiger partial charge in [0.05, 0.1) is 12.2 Å². The summed E-state index contributed by atoms with van der Waals surface area (Å²) in [5.41, 5.74) is 3.42. The zero-order valence-corrected chi connectivity index (χ0v) is 16.6. The zero-order chi connectivity index (χ0) is 19.7. The van der Waals surface area contributed by atoms with Crippen LogP contribution in [0.5, 0.6) is 5.75 Å². The molecule has 1 atom stereocenters. The van der Waals surface area contributed by atoms with Gasteiger partial charge in [-0.2, -0.15) is 0 Å². The Bertz CT molecular complexity index is 844. The highest BCUT2D eigenvalue weighted by molar-refractivity contribution is 5.84. The minimum Gasteiger partial charge on any atom is -0.506 e. The van der Waals surface area contributed by atoms with Gasteiger partial charge in [-0.3, -0.25) is 9.69 Å². The van der Waals surface area contributed by atoms with Gasteiger partial charge in [0.15, 0.2) is 0 Å². The molecule has 6 heteroatoms. The molecule has 1 amide bonds. The molecular formula is C22H28N4O2. The van der Waals surface area contributed by atoms with E-state index in [1.165, 1.54) is 17.3 Å². The Morgan fingerprint density at radius 3 is 2.46 bits per heavy atom. The minimum absolute atomic E-state index is 0.00136. The number of carbonyl (C=O) groups excluding carboxylic acids is 1. The largest absolute Gasteiger partial charge is 0.506 e. The van der Waals surface area contributed by atoms with Crippen molar-refractivity contribution in [1.29, 1.82) is 0 Å². The number of amides is 1. The van der Waals surface area contributed by atoms with Crippen LogP contribution in [0.3, 0.4) is 0 Å². The quantitative estimate of drug-likeness (QED) is 0.882. The highest BCUT2D eigenvalue weighted by Gasteiger charge is 2.37. The molecule has 4 rings (SSSR count). The van der Waals surface area contributed by atoms with Crippen molar-refractivity contribution in [2.75, 3.05) is 37.6 Å². The number of carbonyl (C=O) groups is 1. The molecule has 0 bridgehead atoms. The second-order valence-electron chi connectivity index (χ2n) is 7.91. The van der Waals surface area contributed by atoms with Crippen molar-refractivity contribution < 1.29 is 9.90 Å². The van der Waals surface area contributed by atoms with Gasteiger partial charge in [-0.1, -0.05) is 29.8 Å². The molecule has 0 unspecified atom stereocenters. The van der Waals surface area contributed by atoms with Crippen LogP contribution in [0.15, 0.2) is 36.5 Å². The maximum Gasteiger partial charge on any atom is 0.240 e. The number of hydrogen-bond donors (Lipinski definition) is 1. The van der Waals surface area contributed by atoms with Gasteiger partial charge in [0.25, 0.3) is 0 Å². The van der Waals surface area contributed by atoms with Gasteiger partial charge in [0.2, 0.25) is 5.91 Å². The van der Waals surface area contributed by atoms with Crippen LogP contribution in [-0.4, -0.2) is 64.6 Å². The Morgan fingerprint density at radius 2 is 1.79 bits per heavy atom. The van der Waals surface area contributed by atoms with Gasteiger partial charge in [0.1, 0.15) is 11.6 Å². The molecule has 28 heavy (non-hydrogen) atoms. The number of aromatic nitrogens is 1. The van der Waals surface area contributed by atoms with Crippen LogP contribution in [-0.2, 0) is 11.3 Å². The average molecular weight is 380 g/mol. The summed E-state index contributed by atoms with van der Waals surface area (Å²) < 4.78 is 0. The third-order valence-electron chi connectivity index (χ3n) is 5.85. The smallest absolute Gasteiger partial charge is 0.240 e. The highest BCUT2D eigenvalue weighted by Crippen LogP contribution is 2.25. The summed E-state index contributed by atoms with van der Waals surface area (Å²) in [4.78, 5) is 23.9. The van der Waals surface area contributed by atoms with Crippen molar-refractivity contribution in [2.24, 2.45) is 0 Å². The summed E-state index contributed by atoms with van der Waals surface area (Å²) >= 11 is 0. The predicted octanol–water partition coefficient (Wildman–Crippen LogP) is 2.33. The third-order valence-corrected chi connectivity index (χ3v) is 5.85. The van der Waals surface area contributed by atoms with Gasteiger partial charge in [0, 0.05) is 39.3 Å². The number of aryl methyl sites for hydroxylation is 2. The lowest BCUT2D eigenvalue weighted by Gasteiger charge is -2.38. The number of hydrogen-bond acceptors (Lipinski definition) is 5. The second kappa shape index (κ2) is 7.80. The van der Waals surface area contributed by atoms with E-state index in [4.69, 9.17) is 0 Å². The highest BCUT2D eigenvalue weighted by atomic mass is 16.3. The first-order valence-electron chi connectivity index (χ1n) is 10.0. The fourth-order valence-electron chi connectivity index (χ4n) is 4.26. The molecule has 2 aliphatic rings. The number of nitrogens with zero attached hydrogens (tertiary/aromatic N) is 4. The van der Waals surface area contributed by atoms with Crippen LogP contribution in [0.25, 0.3) is 0 Å². The number of pyridine rings is 1. The summed E-state index contributed by atoms with van der Waals surface area (Å²) in [6, 6.07) is 10.2. The monoisotopic (exact) mass is 380 g/mol. The SMILES string of the molecule is Cc1ccc(CN2CC[C@@H](N3CCN(c4ncc(O)cc4C)CC3)C2=O)cc1. The van der Waals surface area contributed by atoms with Crippen LogP contribution >= 0.6 is 0 Å². The first kappa shape index (κ1) is 18.7. The van der Waals surface area contributed by atoms with Crippen LogP contribution in [0, 0.1) is 13.8 Å². The van der Waals surface area contributed by atoms with Crippen LogP contribution in [0.4, 0.5) is 5.82 Å². The number of piperazine rings is 1. The maximum absolute atomic E-state index is 12.9. The Morgan fingerprint density at radius 1 is 1.07 bits per heavy atom. The minimum atomic E-state index is 0.00136. The molecule has 1 aromatic carbocycles. The number of likely N-dealkylation sites (tertiary alicyclic amines) is 1. The van der Waals surface area contributed by atoms with Gasteiger partial charge >= 0.3 is 0 Å². The van der Waals surface area contributed by atoms with E-state index < -0.39 is 0 Å². The van der Waals surface area contributed by atoms with E-state index >= 15 is 0 Å². The molecule has 2 aliphatic heterocycles. The first-order valence-corrected chi connectivity index (χ1v) is 10.0. The summed E-state index contributed by atoms with van der Waals surface area (Å²) in [7, 11) is 0.